The highest BCUT2D eigenvalue weighted by molar-refractivity contribution is 7.80. The van der Waals surface area contributed by atoms with Gasteiger partial charge in [0.05, 0.1) is 15.6 Å². The summed E-state index contributed by atoms with van der Waals surface area (Å²) in [6, 6.07) is 9.19. The van der Waals surface area contributed by atoms with Gasteiger partial charge >= 0.3 is 5.97 Å². The summed E-state index contributed by atoms with van der Waals surface area (Å²) in [7, 11) is 0. The Morgan fingerprint density at radius 2 is 1.81 bits per heavy atom. The highest BCUT2D eigenvalue weighted by atomic mass is 35.5. The van der Waals surface area contributed by atoms with E-state index in [2.05, 4.69) is 11.9 Å². The lowest BCUT2D eigenvalue weighted by molar-refractivity contribution is -0.128. The van der Waals surface area contributed by atoms with Crippen LogP contribution in [0.2, 0.25) is 10.0 Å². The number of nitrogens with zero attached hydrogens (tertiary/aromatic N) is 1. The van der Waals surface area contributed by atoms with Crippen molar-refractivity contribution in [2.75, 3.05) is 6.54 Å². The Morgan fingerprint density at radius 1 is 1.19 bits per heavy atom. The maximum absolute atomic E-state index is 12.6. The second-order valence-corrected chi connectivity index (χ2v) is 7.83. The first-order chi connectivity index (χ1) is 15.2. The lowest BCUT2D eigenvalue weighted by Crippen LogP contribution is -2.53. The molecule has 0 radical (unpaired) electrons. The lowest BCUT2D eigenvalue weighted by Gasteiger charge is -2.27. The molecule has 3 rings (SSSR count). The van der Waals surface area contributed by atoms with Crippen LogP contribution < -0.4 is 10.1 Å². The van der Waals surface area contributed by atoms with Crippen LogP contribution in [0.4, 0.5) is 0 Å². The monoisotopic (exact) mass is 490 g/mol. The third-order valence-corrected chi connectivity index (χ3v) is 5.30. The van der Waals surface area contributed by atoms with Crippen LogP contribution in [0.25, 0.3) is 6.08 Å². The van der Waals surface area contributed by atoms with E-state index in [-0.39, 0.29) is 45.2 Å². The Bertz CT molecular complexity index is 1140. The molecule has 32 heavy (non-hydrogen) atoms. The van der Waals surface area contributed by atoms with E-state index in [4.69, 9.17) is 45.3 Å². The summed E-state index contributed by atoms with van der Waals surface area (Å²) in [5, 5.41) is 11.8. The van der Waals surface area contributed by atoms with Crippen LogP contribution in [0.3, 0.4) is 0 Å². The van der Waals surface area contributed by atoms with E-state index < -0.39 is 17.8 Å². The van der Waals surface area contributed by atoms with Crippen molar-refractivity contribution in [2.24, 2.45) is 0 Å². The van der Waals surface area contributed by atoms with E-state index in [1.807, 2.05) is 0 Å². The maximum atomic E-state index is 12.6. The first kappa shape index (κ1) is 23.5. The molecule has 164 valence electrons. The van der Waals surface area contributed by atoms with Crippen LogP contribution in [-0.4, -0.2) is 39.4 Å². The highest BCUT2D eigenvalue weighted by Crippen LogP contribution is 2.35. The number of carbonyl (C=O) groups excluding carboxylic acids is 2. The number of hydrogen-bond donors (Lipinski definition) is 2. The van der Waals surface area contributed by atoms with Gasteiger partial charge in [-0.3, -0.25) is 19.8 Å². The number of thiocarbonyl (C=S) groups is 1. The fourth-order valence-electron chi connectivity index (χ4n) is 2.86. The predicted octanol–water partition coefficient (Wildman–Crippen LogP) is 4.08. The number of nitrogens with one attached hydrogen (secondary N) is 1. The average Bonchev–Trinajstić information content (AvgIpc) is 2.74. The topological polar surface area (TPSA) is 95.9 Å². The molecule has 0 atom stereocenters. The van der Waals surface area contributed by atoms with Gasteiger partial charge in [-0.15, -0.1) is 6.58 Å². The zero-order chi connectivity index (χ0) is 23.4. The summed E-state index contributed by atoms with van der Waals surface area (Å²) in [5.41, 5.74) is 1.18. The van der Waals surface area contributed by atoms with E-state index >= 15 is 0 Å². The van der Waals surface area contributed by atoms with Crippen molar-refractivity contribution in [1.29, 1.82) is 0 Å². The Balaban J connectivity index is 1.81. The number of rotatable bonds is 7. The van der Waals surface area contributed by atoms with Crippen molar-refractivity contribution < 1.29 is 24.2 Å². The smallest absolute Gasteiger partial charge is 0.335 e. The number of ether oxygens (including phenoxy) is 1. The van der Waals surface area contributed by atoms with Crippen LogP contribution >= 0.6 is 35.4 Å². The van der Waals surface area contributed by atoms with E-state index in [1.165, 1.54) is 41.3 Å². The molecule has 10 heteroatoms. The van der Waals surface area contributed by atoms with Crippen LogP contribution in [-0.2, 0) is 16.2 Å². The minimum Gasteiger partial charge on any atom is -0.486 e. The Morgan fingerprint density at radius 3 is 2.38 bits per heavy atom. The lowest BCUT2D eigenvalue weighted by atomic mass is 10.1. The van der Waals surface area contributed by atoms with Crippen molar-refractivity contribution in [1.82, 2.24) is 10.2 Å². The molecule has 1 saturated heterocycles. The zero-order valence-electron chi connectivity index (χ0n) is 16.4. The molecule has 0 saturated carbocycles. The standard InChI is InChI=1S/C22H16Cl2N2O5S/c1-2-7-26-20(28)15(19(27)25-22(26)32)8-13-9-16(23)18(17(24)10-13)31-11-12-3-5-14(6-4-12)21(29)30/h2-6,8-10H,1,7,11H2,(H,29,30)(H,25,27,32)/b15-8+. The van der Waals surface area contributed by atoms with Gasteiger partial charge in [0.1, 0.15) is 12.2 Å². The number of hydrogen-bond acceptors (Lipinski definition) is 5. The molecule has 1 aliphatic rings. The van der Waals surface area contributed by atoms with E-state index in [0.29, 0.717) is 5.56 Å². The fraction of sp³-hybridized carbons (Fsp3) is 0.0909. The van der Waals surface area contributed by atoms with Crippen molar-refractivity contribution in [3.63, 3.8) is 0 Å². The molecule has 1 heterocycles. The molecular formula is C22H16Cl2N2O5S. The molecule has 2 aromatic rings. The molecule has 0 aromatic heterocycles. The number of amides is 2. The summed E-state index contributed by atoms with van der Waals surface area (Å²) >= 11 is 17.6. The van der Waals surface area contributed by atoms with Gasteiger partial charge in [-0.05, 0) is 53.7 Å². The van der Waals surface area contributed by atoms with Gasteiger partial charge in [-0.25, -0.2) is 4.79 Å². The quantitative estimate of drug-likeness (QED) is 0.262. The third kappa shape index (κ3) is 5.16. The van der Waals surface area contributed by atoms with Gasteiger partial charge in [0.15, 0.2) is 10.9 Å². The largest absolute Gasteiger partial charge is 0.486 e. The van der Waals surface area contributed by atoms with Gasteiger partial charge < -0.3 is 9.84 Å². The SMILES string of the molecule is C=CCN1C(=O)/C(=C/c2cc(Cl)c(OCc3ccc(C(=O)O)cc3)c(Cl)c2)C(=O)NC1=S. The van der Waals surface area contributed by atoms with E-state index in [0.717, 1.165) is 5.56 Å². The van der Waals surface area contributed by atoms with Crippen LogP contribution in [0, 0.1) is 0 Å². The summed E-state index contributed by atoms with van der Waals surface area (Å²) in [6.07, 6.45) is 2.86. The molecule has 0 unspecified atom stereocenters. The molecule has 0 aliphatic carbocycles. The zero-order valence-corrected chi connectivity index (χ0v) is 18.8. The minimum atomic E-state index is -1.02. The van der Waals surface area contributed by atoms with Gasteiger partial charge in [0.2, 0.25) is 0 Å². The average molecular weight is 491 g/mol. The van der Waals surface area contributed by atoms with Crippen molar-refractivity contribution in [3.05, 3.63) is 81.4 Å². The van der Waals surface area contributed by atoms with Crippen LogP contribution in [0.15, 0.2) is 54.6 Å². The minimum absolute atomic E-state index is 0.00764. The van der Waals surface area contributed by atoms with Gasteiger partial charge in [0, 0.05) is 6.54 Å². The molecule has 2 aromatic carbocycles. The number of carboxylic acid groups (broad SMARTS) is 1. The maximum Gasteiger partial charge on any atom is 0.335 e. The molecule has 1 aliphatic heterocycles. The number of carboxylic acids is 1. The molecule has 2 amide bonds. The second kappa shape index (κ2) is 9.95. The molecule has 0 bridgehead atoms. The van der Waals surface area contributed by atoms with E-state index in [1.54, 1.807) is 12.1 Å². The van der Waals surface area contributed by atoms with Gasteiger partial charge in [0.25, 0.3) is 11.8 Å². The van der Waals surface area contributed by atoms with Crippen LogP contribution in [0.1, 0.15) is 21.5 Å². The normalized spacial score (nSPS) is 15.0. The number of benzene rings is 2. The molecule has 2 N–H and O–H groups in total. The van der Waals surface area contributed by atoms with Crippen molar-refractivity contribution >= 4 is 64.4 Å². The summed E-state index contributed by atoms with van der Waals surface area (Å²) < 4.78 is 5.69. The first-order valence-corrected chi connectivity index (χ1v) is 10.3. The third-order valence-electron chi connectivity index (χ3n) is 4.41. The Hall–Kier alpha value is -3.20. The van der Waals surface area contributed by atoms with E-state index in [9.17, 15) is 14.4 Å². The Labute approximate surface area is 198 Å². The van der Waals surface area contributed by atoms with Crippen LogP contribution in [0.5, 0.6) is 5.75 Å². The van der Waals surface area contributed by atoms with Gasteiger partial charge in [-0.2, -0.15) is 0 Å². The Kier molecular flexibility index (Phi) is 7.29. The fourth-order valence-corrected chi connectivity index (χ4v) is 3.72. The summed E-state index contributed by atoms with van der Waals surface area (Å²) in [5.74, 6) is -1.99. The van der Waals surface area contributed by atoms with Crippen molar-refractivity contribution in [3.8, 4) is 5.75 Å². The first-order valence-electron chi connectivity index (χ1n) is 9.15. The highest BCUT2D eigenvalue weighted by Gasteiger charge is 2.32. The molecule has 1 fully saturated rings. The predicted molar refractivity (Wildman–Crippen MR) is 125 cm³/mol. The summed E-state index contributed by atoms with van der Waals surface area (Å²) in [4.78, 5) is 37.0. The van der Waals surface area contributed by atoms with Gasteiger partial charge in [-0.1, -0.05) is 41.4 Å². The number of aromatic carboxylic acids is 1. The molecule has 7 nitrogen and oxygen atoms in total. The second-order valence-electron chi connectivity index (χ2n) is 6.63. The number of carbonyl (C=O) groups is 3. The van der Waals surface area contributed by atoms with Crippen molar-refractivity contribution in [2.45, 2.75) is 6.61 Å². The molecular weight excluding hydrogens is 475 g/mol. The summed E-state index contributed by atoms with van der Waals surface area (Å²) in [6.45, 7) is 3.83. The number of halogens is 2. The molecule has 0 spiro atoms.